The first-order chi connectivity index (χ1) is 19.8. The number of nitro groups is 1. The number of dihydropyridines is 1. The first kappa shape index (κ1) is 29.5. The average molecular weight is 559 g/mol. The number of nitro benzene ring substituents is 1. The van der Waals surface area contributed by atoms with Gasteiger partial charge in [-0.25, -0.2) is 9.59 Å². The minimum Gasteiger partial charge on any atom is -0.466 e. The zero-order valence-electron chi connectivity index (χ0n) is 23.5. The fourth-order valence-electron chi connectivity index (χ4n) is 5.09. The Labute approximate surface area is 239 Å². The summed E-state index contributed by atoms with van der Waals surface area (Å²) in [6.07, 6.45) is 0. The van der Waals surface area contributed by atoms with Crippen molar-refractivity contribution in [2.45, 2.75) is 19.8 Å². The highest BCUT2D eigenvalue weighted by Crippen LogP contribution is 2.40. The number of benzene rings is 2. The fraction of sp³-hybridized carbons (Fsp3) is 0.355. The van der Waals surface area contributed by atoms with Gasteiger partial charge in [0, 0.05) is 61.8 Å². The van der Waals surface area contributed by atoms with Gasteiger partial charge in [0.25, 0.3) is 5.69 Å². The van der Waals surface area contributed by atoms with Crippen molar-refractivity contribution in [1.29, 1.82) is 0 Å². The number of hydrogen-bond donors (Lipinski definition) is 1. The molecule has 2 aromatic carbocycles. The number of methoxy groups -OCH3 is 1. The lowest BCUT2D eigenvalue weighted by Crippen LogP contribution is -2.47. The van der Waals surface area contributed by atoms with E-state index in [4.69, 9.17) is 9.47 Å². The third-order valence-electron chi connectivity index (χ3n) is 7.21. The number of allylic oxidation sites excluding steroid dienone is 2. The third-order valence-corrected chi connectivity index (χ3v) is 7.21. The van der Waals surface area contributed by atoms with Crippen LogP contribution in [0.1, 0.15) is 30.9 Å². The van der Waals surface area contributed by atoms with Crippen molar-refractivity contribution in [3.05, 3.63) is 98.4 Å². The molecule has 2 heterocycles. The van der Waals surface area contributed by atoms with Gasteiger partial charge in [0.05, 0.1) is 35.6 Å². The van der Waals surface area contributed by atoms with Gasteiger partial charge in [0.1, 0.15) is 6.61 Å². The largest absolute Gasteiger partial charge is 0.466 e. The molecule has 0 spiro atoms. The molecule has 0 bridgehead atoms. The minimum absolute atomic E-state index is 0.140. The molecule has 0 radical (unpaired) electrons. The summed E-state index contributed by atoms with van der Waals surface area (Å²) >= 11 is 0. The fourth-order valence-corrected chi connectivity index (χ4v) is 5.09. The summed E-state index contributed by atoms with van der Waals surface area (Å²) in [4.78, 5) is 41.7. The number of carbonyl (C=O) groups excluding carboxylic acids is 2. The molecule has 10 heteroatoms. The molecule has 0 aliphatic carbocycles. The third kappa shape index (κ3) is 7.39. The van der Waals surface area contributed by atoms with Crippen molar-refractivity contribution in [1.82, 2.24) is 15.1 Å². The maximum Gasteiger partial charge on any atom is 0.336 e. The maximum atomic E-state index is 13.4. The molecule has 1 N–H and O–H groups in total. The van der Waals surface area contributed by atoms with Crippen LogP contribution < -0.4 is 5.32 Å². The highest BCUT2D eigenvalue weighted by Gasteiger charge is 2.38. The number of rotatable bonds is 8. The number of nitrogens with one attached hydrogen (secondary N) is 1. The summed E-state index contributed by atoms with van der Waals surface area (Å²) in [6, 6.07) is 15.8. The van der Waals surface area contributed by atoms with E-state index >= 15 is 0 Å². The highest BCUT2D eigenvalue weighted by atomic mass is 16.6. The van der Waals surface area contributed by atoms with Crippen LogP contribution in [0.5, 0.6) is 0 Å². The zero-order valence-corrected chi connectivity index (χ0v) is 23.5. The molecular formula is C31H34N4O6. The number of non-ortho nitro benzene ring substituents is 1. The van der Waals surface area contributed by atoms with E-state index in [1.807, 2.05) is 30.3 Å². The van der Waals surface area contributed by atoms with Crippen molar-refractivity contribution in [2.24, 2.45) is 0 Å². The number of hydrogen-bond acceptors (Lipinski definition) is 9. The van der Waals surface area contributed by atoms with E-state index in [2.05, 4.69) is 27.0 Å². The van der Waals surface area contributed by atoms with E-state index in [1.165, 1.54) is 25.3 Å². The molecule has 0 amide bonds. The van der Waals surface area contributed by atoms with Crippen LogP contribution in [-0.2, 0) is 19.1 Å². The van der Waals surface area contributed by atoms with E-state index in [9.17, 15) is 19.7 Å². The van der Waals surface area contributed by atoms with E-state index in [0.717, 1.165) is 31.7 Å². The normalized spacial score (nSPS) is 17.8. The van der Waals surface area contributed by atoms with Gasteiger partial charge in [0.2, 0.25) is 0 Å². The van der Waals surface area contributed by atoms with Gasteiger partial charge in [-0.05, 0) is 31.5 Å². The standard InChI is InChI=1S/C31H34N4O6/c1-22-27(30(36)40-3)29(25-12-7-13-26(21-25)35(38)39)28(23(2)32-22)31(37)41-20-19-34-17-15-33(16-18-34)14-8-11-24-9-5-4-6-10-24/h4-7,9-10,12-13,21,29,32H,14-20H2,1-3H3. The van der Waals surface area contributed by atoms with Gasteiger partial charge < -0.3 is 14.8 Å². The summed E-state index contributed by atoms with van der Waals surface area (Å²) < 4.78 is 10.7. The molecule has 1 saturated heterocycles. The molecule has 1 fully saturated rings. The van der Waals surface area contributed by atoms with E-state index in [1.54, 1.807) is 19.9 Å². The van der Waals surface area contributed by atoms with Crippen molar-refractivity contribution >= 4 is 17.6 Å². The Balaban J connectivity index is 1.38. The monoisotopic (exact) mass is 558 g/mol. The predicted molar refractivity (Wildman–Crippen MR) is 154 cm³/mol. The minimum atomic E-state index is -0.878. The first-order valence-corrected chi connectivity index (χ1v) is 13.5. The summed E-state index contributed by atoms with van der Waals surface area (Å²) in [5.41, 5.74) is 2.74. The van der Waals surface area contributed by atoms with Gasteiger partial charge >= 0.3 is 11.9 Å². The lowest BCUT2D eigenvalue weighted by Gasteiger charge is -2.33. The lowest BCUT2D eigenvalue weighted by molar-refractivity contribution is -0.384. The Morgan fingerprint density at radius 2 is 1.63 bits per heavy atom. The number of nitrogens with zero attached hydrogens (tertiary/aromatic N) is 3. The summed E-state index contributed by atoms with van der Waals surface area (Å²) in [5.74, 6) is 4.33. The molecule has 2 aromatic rings. The second kappa shape index (κ2) is 13.7. The van der Waals surface area contributed by atoms with E-state index in [0.29, 0.717) is 30.0 Å². The van der Waals surface area contributed by atoms with Crippen molar-refractivity contribution < 1.29 is 24.0 Å². The molecular weight excluding hydrogens is 524 g/mol. The van der Waals surface area contributed by atoms with Crippen LogP contribution in [0.3, 0.4) is 0 Å². The van der Waals surface area contributed by atoms with Gasteiger partial charge in [-0.1, -0.05) is 42.2 Å². The van der Waals surface area contributed by atoms with Crippen LogP contribution in [0, 0.1) is 22.0 Å². The predicted octanol–water partition coefficient (Wildman–Crippen LogP) is 3.22. The second-order valence-corrected chi connectivity index (χ2v) is 9.90. The first-order valence-electron chi connectivity index (χ1n) is 13.5. The number of piperazine rings is 1. The highest BCUT2D eigenvalue weighted by molar-refractivity contribution is 5.99. The number of carbonyl (C=O) groups is 2. The van der Waals surface area contributed by atoms with Gasteiger partial charge in [0.15, 0.2) is 0 Å². The maximum absolute atomic E-state index is 13.4. The summed E-state index contributed by atoms with van der Waals surface area (Å²) in [6.45, 7) is 8.26. The molecule has 1 unspecified atom stereocenters. The van der Waals surface area contributed by atoms with Gasteiger partial charge in [-0.15, -0.1) is 0 Å². The molecule has 0 aromatic heterocycles. The van der Waals surface area contributed by atoms with Gasteiger partial charge in [-0.2, -0.15) is 0 Å². The van der Waals surface area contributed by atoms with Crippen LogP contribution in [-0.4, -0.2) is 79.6 Å². The Hall–Kier alpha value is -4.46. The molecule has 4 rings (SSSR count). The average Bonchev–Trinajstić information content (AvgIpc) is 2.97. The zero-order chi connectivity index (χ0) is 29.4. The van der Waals surface area contributed by atoms with Crippen molar-refractivity contribution in [3.8, 4) is 11.8 Å². The SMILES string of the molecule is COC(=O)C1=C(C)NC(C)=C(C(=O)OCCN2CCN(CC#Cc3ccccc3)CC2)C1c1cccc([N+](=O)[O-])c1. The molecule has 214 valence electrons. The Kier molecular flexibility index (Phi) is 9.90. The molecule has 1 atom stereocenters. The van der Waals surface area contributed by atoms with Crippen molar-refractivity contribution in [2.75, 3.05) is 53.0 Å². The summed E-state index contributed by atoms with van der Waals surface area (Å²) in [5, 5.41) is 14.5. The van der Waals surface area contributed by atoms with Gasteiger partial charge in [-0.3, -0.25) is 19.9 Å². The second-order valence-electron chi connectivity index (χ2n) is 9.90. The summed E-state index contributed by atoms with van der Waals surface area (Å²) in [7, 11) is 1.26. The lowest BCUT2D eigenvalue weighted by atomic mass is 9.80. The smallest absolute Gasteiger partial charge is 0.336 e. The molecule has 2 aliphatic rings. The van der Waals surface area contributed by atoms with Crippen LogP contribution in [0.25, 0.3) is 0 Å². The van der Waals surface area contributed by atoms with Crippen LogP contribution in [0.4, 0.5) is 5.69 Å². The van der Waals surface area contributed by atoms with Crippen LogP contribution in [0.15, 0.2) is 77.1 Å². The van der Waals surface area contributed by atoms with Crippen LogP contribution in [0.2, 0.25) is 0 Å². The Morgan fingerprint density at radius 3 is 2.29 bits per heavy atom. The van der Waals surface area contributed by atoms with E-state index in [-0.39, 0.29) is 23.4 Å². The quantitative estimate of drug-likeness (QED) is 0.226. The molecule has 0 saturated carbocycles. The number of esters is 2. The molecule has 10 nitrogen and oxygen atoms in total. The van der Waals surface area contributed by atoms with Crippen molar-refractivity contribution in [3.63, 3.8) is 0 Å². The topological polar surface area (TPSA) is 114 Å². The van der Waals surface area contributed by atoms with E-state index < -0.39 is 22.8 Å². The molecule has 41 heavy (non-hydrogen) atoms. The number of ether oxygens (including phenoxy) is 2. The molecule has 2 aliphatic heterocycles. The van der Waals surface area contributed by atoms with Crippen LogP contribution >= 0.6 is 0 Å². The Morgan fingerprint density at radius 1 is 0.976 bits per heavy atom. The Bertz CT molecular complexity index is 1410.